The predicted molar refractivity (Wildman–Crippen MR) is 129 cm³/mol. The van der Waals surface area contributed by atoms with E-state index in [4.69, 9.17) is 9.47 Å². The Balaban J connectivity index is 1.45. The number of fused-ring (bicyclic) bond motifs is 1. The quantitative estimate of drug-likeness (QED) is 0.369. The van der Waals surface area contributed by atoms with E-state index in [1.807, 2.05) is 6.07 Å². The molecule has 2 aromatic carbocycles. The maximum Gasteiger partial charge on any atom is 0.234 e. The van der Waals surface area contributed by atoms with Gasteiger partial charge < -0.3 is 20.1 Å². The number of methoxy groups -OCH3 is 2. The molecule has 0 fully saturated rings. The molecule has 0 saturated carbocycles. The minimum Gasteiger partial charge on any atom is -0.493 e. The molecule has 2 heterocycles. The molecule has 174 valence electrons. The maximum atomic E-state index is 12.4. The lowest BCUT2D eigenvalue weighted by Gasteiger charge is -2.09. The Morgan fingerprint density at radius 1 is 0.912 bits per heavy atom. The Bertz CT molecular complexity index is 1340. The maximum absolute atomic E-state index is 12.4. The molecule has 0 saturated heterocycles. The van der Waals surface area contributed by atoms with Crippen LogP contribution in [0.25, 0.3) is 17.0 Å². The van der Waals surface area contributed by atoms with Crippen LogP contribution in [0.1, 0.15) is 6.92 Å². The van der Waals surface area contributed by atoms with Crippen molar-refractivity contribution in [1.82, 2.24) is 19.8 Å². The summed E-state index contributed by atoms with van der Waals surface area (Å²) in [6, 6.07) is 15.9. The van der Waals surface area contributed by atoms with E-state index in [0.717, 1.165) is 5.56 Å². The zero-order chi connectivity index (χ0) is 24.1. The fraction of sp³-hybridized carbons (Fsp3) is 0.174. The SMILES string of the molecule is COc1ccc(-c2nnc3ccc(SCC(=O)Nc4ccc(NC(C)=O)cc4)nn23)cc1OC. The van der Waals surface area contributed by atoms with Gasteiger partial charge in [0.1, 0.15) is 5.03 Å². The van der Waals surface area contributed by atoms with Crippen LogP contribution in [-0.4, -0.2) is 51.6 Å². The van der Waals surface area contributed by atoms with Gasteiger partial charge in [-0.1, -0.05) is 11.8 Å². The molecule has 0 aliphatic heterocycles. The highest BCUT2D eigenvalue weighted by Gasteiger charge is 2.14. The van der Waals surface area contributed by atoms with Crippen LogP contribution in [0.5, 0.6) is 11.5 Å². The van der Waals surface area contributed by atoms with Crippen molar-refractivity contribution in [2.75, 3.05) is 30.6 Å². The molecule has 34 heavy (non-hydrogen) atoms. The van der Waals surface area contributed by atoms with Crippen LogP contribution in [0.15, 0.2) is 59.6 Å². The highest BCUT2D eigenvalue weighted by molar-refractivity contribution is 7.99. The monoisotopic (exact) mass is 478 g/mol. The number of ether oxygens (including phenoxy) is 2. The lowest BCUT2D eigenvalue weighted by molar-refractivity contribution is -0.114. The summed E-state index contributed by atoms with van der Waals surface area (Å²) in [7, 11) is 3.14. The van der Waals surface area contributed by atoms with Gasteiger partial charge in [0.25, 0.3) is 0 Å². The Morgan fingerprint density at radius 3 is 2.29 bits per heavy atom. The van der Waals surface area contributed by atoms with Gasteiger partial charge in [-0.15, -0.1) is 10.2 Å². The van der Waals surface area contributed by atoms with Gasteiger partial charge in [-0.2, -0.15) is 9.61 Å². The number of carbonyl (C=O) groups is 2. The highest BCUT2D eigenvalue weighted by atomic mass is 32.2. The lowest BCUT2D eigenvalue weighted by atomic mass is 10.2. The second-order valence-electron chi connectivity index (χ2n) is 7.13. The summed E-state index contributed by atoms with van der Waals surface area (Å²) in [6.45, 7) is 1.44. The largest absolute Gasteiger partial charge is 0.493 e. The average Bonchev–Trinajstić information content (AvgIpc) is 3.26. The first-order valence-corrected chi connectivity index (χ1v) is 11.2. The van der Waals surface area contributed by atoms with E-state index in [9.17, 15) is 9.59 Å². The molecule has 2 aromatic heterocycles. The van der Waals surface area contributed by atoms with Crippen LogP contribution in [0.3, 0.4) is 0 Å². The second kappa shape index (κ2) is 10.2. The van der Waals surface area contributed by atoms with Gasteiger partial charge in [-0.05, 0) is 54.6 Å². The number of benzene rings is 2. The number of rotatable bonds is 8. The molecular formula is C23H22N6O4S. The van der Waals surface area contributed by atoms with Gasteiger partial charge in [-0.3, -0.25) is 9.59 Å². The average molecular weight is 479 g/mol. The van der Waals surface area contributed by atoms with Crippen molar-refractivity contribution < 1.29 is 19.1 Å². The topological polar surface area (TPSA) is 120 Å². The molecule has 0 aliphatic carbocycles. The third kappa shape index (κ3) is 5.26. The van der Waals surface area contributed by atoms with Crippen molar-refractivity contribution in [2.45, 2.75) is 11.9 Å². The first-order valence-electron chi connectivity index (χ1n) is 10.2. The van der Waals surface area contributed by atoms with Gasteiger partial charge in [0.05, 0.1) is 20.0 Å². The first kappa shape index (κ1) is 23.1. The summed E-state index contributed by atoms with van der Waals surface area (Å²) < 4.78 is 12.3. The molecule has 2 N–H and O–H groups in total. The predicted octanol–water partition coefficient (Wildman–Crippen LogP) is 3.50. The number of hydrogen-bond donors (Lipinski definition) is 2. The standard InChI is InChI=1S/C23H22N6O4S/c1-14(30)24-16-5-7-17(8-6-16)25-21(31)13-34-22-11-10-20-26-27-23(29(20)28-22)15-4-9-18(32-2)19(12-15)33-3/h4-12H,13H2,1-3H3,(H,24,30)(H,25,31). The summed E-state index contributed by atoms with van der Waals surface area (Å²) in [4.78, 5) is 23.5. The Morgan fingerprint density at radius 2 is 1.62 bits per heavy atom. The summed E-state index contributed by atoms with van der Waals surface area (Å²) in [6.07, 6.45) is 0. The van der Waals surface area contributed by atoms with Crippen LogP contribution >= 0.6 is 11.8 Å². The van der Waals surface area contributed by atoms with Crippen LogP contribution < -0.4 is 20.1 Å². The third-order valence-electron chi connectivity index (χ3n) is 4.72. The van der Waals surface area contributed by atoms with Crippen molar-refractivity contribution in [1.29, 1.82) is 0 Å². The van der Waals surface area contributed by atoms with E-state index in [2.05, 4.69) is 25.9 Å². The zero-order valence-electron chi connectivity index (χ0n) is 18.7. The number of carbonyl (C=O) groups excluding carboxylic acids is 2. The van der Waals surface area contributed by atoms with E-state index in [1.54, 1.807) is 67.3 Å². The van der Waals surface area contributed by atoms with Gasteiger partial charge in [0.15, 0.2) is 23.0 Å². The van der Waals surface area contributed by atoms with Crippen LogP contribution in [0.2, 0.25) is 0 Å². The fourth-order valence-corrected chi connectivity index (χ4v) is 3.84. The summed E-state index contributed by atoms with van der Waals surface area (Å²) in [5.74, 6) is 1.56. The Kier molecular flexibility index (Phi) is 6.93. The minimum atomic E-state index is -0.178. The van der Waals surface area contributed by atoms with Crippen molar-refractivity contribution in [3.63, 3.8) is 0 Å². The molecule has 0 unspecified atom stereocenters. The van der Waals surface area contributed by atoms with E-state index >= 15 is 0 Å². The van der Waals surface area contributed by atoms with Crippen molar-refractivity contribution >= 4 is 40.6 Å². The molecule has 4 rings (SSSR count). The molecule has 4 aromatic rings. The number of nitrogens with one attached hydrogen (secondary N) is 2. The molecule has 0 spiro atoms. The minimum absolute atomic E-state index is 0.153. The molecule has 11 heteroatoms. The van der Waals surface area contributed by atoms with Crippen LogP contribution in [0, 0.1) is 0 Å². The number of thioether (sulfide) groups is 1. The van der Waals surface area contributed by atoms with Gasteiger partial charge in [0.2, 0.25) is 11.8 Å². The first-order chi connectivity index (χ1) is 16.5. The normalized spacial score (nSPS) is 10.7. The van der Waals surface area contributed by atoms with Crippen molar-refractivity contribution in [2.24, 2.45) is 0 Å². The Labute approximate surface area is 199 Å². The summed E-state index contributed by atoms with van der Waals surface area (Å²) >= 11 is 1.29. The van der Waals surface area contributed by atoms with Gasteiger partial charge in [-0.25, -0.2) is 0 Å². The number of hydrogen-bond acceptors (Lipinski definition) is 8. The molecule has 2 amide bonds. The smallest absolute Gasteiger partial charge is 0.234 e. The number of aromatic nitrogens is 4. The summed E-state index contributed by atoms with van der Waals surface area (Å²) in [5, 5.41) is 19.2. The molecule has 0 radical (unpaired) electrons. The number of nitrogens with zero attached hydrogens (tertiary/aromatic N) is 4. The third-order valence-corrected chi connectivity index (χ3v) is 5.64. The fourth-order valence-electron chi connectivity index (χ4n) is 3.18. The Hall–Kier alpha value is -4.12. The molecule has 0 bridgehead atoms. The number of amides is 2. The molecular weight excluding hydrogens is 456 g/mol. The molecule has 0 aliphatic rings. The highest BCUT2D eigenvalue weighted by Crippen LogP contribution is 2.31. The van der Waals surface area contributed by atoms with E-state index in [-0.39, 0.29) is 17.6 Å². The summed E-state index contributed by atoms with van der Waals surface area (Å²) in [5.41, 5.74) is 2.65. The lowest BCUT2D eigenvalue weighted by Crippen LogP contribution is -2.14. The van der Waals surface area contributed by atoms with E-state index < -0.39 is 0 Å². The van der Waals surface area contributed by atoms with E-state index in [1.165, 1.54) is 18.7 Å². The zero-order valence-corrected chi connectivity index (χ0v) is 19.5. The van der Waals surface area contributed by atoms with Crippen molar-refractivity contribution in [3.05, 3.63) is 54.6 Å². The van der Waals surface area contributed by atoms with Crippen molar-refractivity contribution in [3.8, 4) is 22.9 Å². The van der Waals surface area contributed by atoms with Gasteiger partial charge >= 0.3 is 0 Å². The van der Waals surface area contributed by atoms with Crippen LogP contribution in [0.4, 0.5) is 11.4 Å². The van der Waals surface area contributed by atoms with E-state index in [0.29, 0.717) is 39.4 Å². The molecule has 10 nitrogen and oxygen atoms in total. The van der Waals surface area contributed by atoms with Crippen LogP contribution in [-0.2, 0) is 9.59 Å². The number of anilines is 2. The molecule has 0 atom stereocenters. The van der Waals surface area contributed by atoms with Gasteiger partial charge in [0, 0.05) is 23.9 Å². The second-order valence-corrected chi connectivity index (χ2v) is 8.13.